The van der Waals surface area contributed by atoms with Gasteiger partial charge in [0, 0.05) is 18.6 Å². The number of carbonyl (C=O) groups excluding carboxylic acids is 3. The summed E-state index contributed by atoms with van der Waals surface area (Å²) in [5.41, 5.74) is 0.487. The van der Waals surface area contributed by atoms with Gasteiger partial charge in [-0.05, 0) is 64.5 Å². The lowest BCUT2D eigenvalue weighted by atomic mass is 9.90. The van der Waals surface area contributed by atoms with E-state index in [0.717, 1.165) is 25.7 Å². The van der Waals surface area contributed by atoms with Crippen LogP contribution in [0.4, 0.5) is 4.79 Å². The van der Waals surface area contributed by atoms with Gasteiger partial charge in [-0.2, -0.15) is 0 Å². The predicted molar refractivity (Wildman–Crippen MR) is 99.4 cm³/mol. The van der Waals surface area contributed by atoms with Gasteiger partial charge in [-0.25, -0.2) is 4.79 Å². The van der Waals surface area contributed by atoms with Crippen LogP contribution in [0, 0.1) is 5.92 Å². The Kier molecular flexibility index (Phi) is 4.24. The van der Waals surface area contributed by atoms with Crippen molar-refractivity contribution in [1.29, 1.82) is 0 Å². The third-order valence-electron chi connectivity index (χ3n) is 5.75. The molecule has 0 N–H and O–H groups in total. The van der Waals surface area contributed by atoms with Crippen LogP contribution in [-0.4, -0.2) is 51.9 Å². The molecule has 2 bridgehead atoms. The molecule has 3 aliphatic heterocycles. The summed E-state index contributed by atoms with van der Waals surface area (Å²) in [5.74, 6) is -0.168. The number of fused-ring (bicyclic) bond motifs is 3. The molecule has 2 atom stereocenters. The molecule has 144 valence electrons. The zero-order valence-corrected chi connectivity index (χ0v) is 16.1. The molecule has 2 unspecified atom stereocenters. The van der Waals surface area contributed by atoms with E-state index in [1.54, 1.807) is 24.3 Å². The second-order valence-electron chi connectivity index (χ2n) is 8.88. The van der Waals surface area contributed by atoms with E-state index in [-0.39, 0.29) is 35.9 Å². The highest BCUT2D eigenvalue weighted by molar-refractivity contribution is 6.21. The van der Waals surface area contributed by atoms with Gasteiger partial charge in [0.1, 0.15) is 5.60 Å². The molecule has 1 aromatic carbocycles. The van der Waals surface area contributed by atoms with E-state index in [2.05, 4.69) is 0 Å². The summed E-state index contributed by atoms with van der Waals surface area (Å²) in [7, 11) is 0. The Balaban J connectivity index is 1.43. The monoisotopic (exact) mass is 370 g/mol. The Morgan fingerprint density at radius 2 is 1.56 bits per heavy atom. The molecule has 2 fully saturated rings. The number of ether oxygens (including phenoxy) is 1. The summed E-state index contributed by atoms with van der Waals surface area (Å²) in [6.45, 7) is 6.06. The van der Waals surface area contributed by atoms with Crippen LogP contribution in [0.2, 0.25) is 0 Å². The first-order chi connectivity index (χ1) is 12.7. The summed E-state index contributed by atoms with van der Waals surface area (Å²) in [6.07, 6.45) is 3.30. The maximum absolute atomic E-state index is 12.6. The fourth-order valence-electron chi connectivity index (χ4n) is 4.71. The largest absolute Gasteiger partial charge is 0.444 e. The molecule has 0 spiro atoms. The lowest BCUT2D eigenvalue weighted by Gasteiger charge is -2.40. The maximum Gasteiger partial charge on any atom is 0.410 e. The van der Waals surface area contributed by atoms with Crippen molar-refractivity contribution in [2.24, 2.45) is 5.92 Å². The second kappa shape index (κ2) is 6.36. The van der Waals surface area contributed by atoms with Gasteiger partial charge < -0.3 is 9.64 Å². The molecule has 2 saturated heterocycles. The van der Waals surface area contributed by atoms with Crippen LogP contribution in [0.15, 0.2) is 24.3 Å². The number of amides is 3. The number of carbonyl (C=O) groups is 3. The molecular formula is C21H26N2O4. The molecule has 0 aromatic heterocycles. The highest BCUT2D eigenvalue weighted by Gasteiger charge is 2.46. The fourth-order valence-corrected chi connectivity index (χ4v) is 4.71. The molecule has 1 aromatic rings. The number of benzene rings is 1. The van der Waals surface area contributed by atoms with E-state index < -0.39 is 5.60 Å². The lowest BCUT2D eigenvalue weighted by molar-refractivity contribution is -0.0000278. The van der Waals surface area contributed by atoms with Crippen molar-refractivity contribution < 1.29 is 19.1 Å². The van der Waals surface area contributed by atoms with Gasteiger partial charge in [0.25, 0.3) is 11.8 Å². The van der Waals surface area contributed by atoms with E-state index in [4.69, 9.17) is 4.74 Å². The summed E-state index contributed by atoms with van der Waals surface area (Å²) in [4.78, 5) is 41.1. The number of nitrogens with zero attached hydrogens (tertiary/aromatic N) is 2. The minimum Gasteiger partial charge on any atom is -0.444 e. The number of hydrogen-bond donors (Lipinski definition) is 0. The highest BCUT2D eigenvalue weighted by Crippen LogP contribution is 2.40. The van der Waals surface area contributed by atoms with Gasteiger partial charge in [-0.15, -0.1) is 0 Å². The lowest BCUT2D eigenvalue weighted by Crippen LogP contribution is -2.50. The zero-order valence-electron chi connectivity index (χ0n) is 16.1. The van der Waals surface area contributed by atoms with Gasteiger partial charge >= 0.3 is 6.09 Å². The summed E-state index contributed by atoms with van der Waals surface area (Å²) >= 11 is 0. The average molecular weight is 370 g/mol. The Hall–Kier alpha value is -2.37. The minimum atomic E-state index is -0.506. The second-order valence-corrected chi connectivity index (χ2v) is 8.88. The molecule has 0 saturated carbocycles. The molecule has 3 heterocycles. The number of imide groups is 1. The number of hydrogen-bond acceptors (Lipinski definition) is 4. The van der Waals surface area contributed by atoms with Crippen LogP contribution in [0.1, 0.15) is 67.2 Å². The molecule has 3 aliphatic rings. The van der Waals surface area contributed by atoms with Gasteiger partial charge in [0.15, 0.2) is 0 Å². The van der Waals surface area contributed by atoms with Crippen molar-refractivity contribution in [2.45, 2.75) is 64.1 Å². The first kappa shape index (κ1) is 18.0. The molecule has 3 amide bonds. The van der Waals surface area contributed by atoms with Gasteiger partial charge in [-0.3, -0.25) is 14.5 Å². The summed E-state index contributed by atoms with van der Waals surface area (Å²) in [5, 5.41) is 0. The molecule has 27 heavy (non-hydrogen) atoms. The van der Waals surface area contributed by atoms with E-state index in [9.17, 15) is 14.4 Å². The van der Waals surface area contributed by atoms with Crippen molar-refractivity contribution in [3.63, 3.8) is 0 Å². The van der Waals surface area contributed by atoms with Crippen molar-refractivity contribution in [2.75, 3.05) is 6.54 Å². The minimum absolute atomic E-state index is 0.138. The van der Waals surface area contributed by atoms with E-state index in [1.165, 1.54) is 4.90 Å². The van der Waals surface area contributed by atoms with E-state index >= 15 is 0 Å². The maximum atomic E-state index is 12.6. The smallest absolute Gasteiger partial charge is 0.410 e. The van der Waals surface area contributed by atoms with Crippen molar-refractivity contribution >= 4 is 17.9 Å². The first-order valence-electron chi connectivity index (χ1n) is 9.71. The van der Waals surface area contributed by atoms with Crippen LogP contribution in [-0.2, 0) is 4.74 Å². The molecule has 6 nitrogen and oxygen atoms in total. The highest BCUT2D eigenvalue weighted by atomic mass is 16.6. The van der Waals surface area contributed by atoms with Gasteiger partial charge in [0.05, 0.1) is 11.1 Å². The molecule has 0 aliphatic carbocycles. The Labute approximate surface area is 159 Å². The SMILES string of the molecule is CC(C)(C)OC(=O)N1C2CCC1CC(CN1C(=O)c3ccccc3C1=O)C2. The average Bonchev–Trinajstić information content (AvgIpc) is 3.00. The molecule has 4 rings (SSSR count). The fraction of sp³-hybridized carbons (Fsp3) is 0.571. The third kappa shape index (κ3) is 3.22. The van der Waals surface area contributed by atoms with Gasteiger partial charge in [-0.1, -0.05) is 12.1 Å². The van der Waals surface area contributed by atoms with Gasteiger partial charge in [0.2, 0.25) is 0 Å². The van der Waals surface area contributed by atoms with Crippen LogP contribution in [0.5, 0.6) is 0 Å². The van der Waals surface area contributed by atoms with Crippen LogP contribution >= 0.6 is 0 Å². The van der Waals surface area contributed by atoms with Crippen molar-refractivity contribution in [3.8, 4) is 0 Å². The van der Waals surface area contributed by atoms with Crippen LogP contribution in [0.25, 0.3) is 0 Å². The predicted octanol–water partition coefficient (Wildman–Crippen LogP) is 3.46. The van der Waals surface area contributed by atoms with Crippen molar-refractivity contribution in [3.05, 3.63) is 35.4 Å². The quantitative estimate of drug-likeness (QED) is 0.748. The molecule has 0 radical (unpaired) electrons. The standard InChI is InChI=1S/C21H26N2O4/c1-21(2,3)27-20(26)23-14-8-9-15(23)11-13(10-14)12-22-18(24)16-6-4-5-7-17(16)19(22)25/h4-7,13-15H,8-12H2,1-3H3. The van der Waals surface area contributed by atoms with Crippen LogP contribution in [0.3, 0.4) is 0 Å². The van der Waals surface area contributed by atoms with E-state index in [1.807, 2.05) is 25.7 Å². The van der Waals surface area contributed by atoms with E-state index in [0.29, 0.717) is 17.7 Å². The molecular weight excluding hydrogens is 344 g/mol. The normalized spacial score (nSPS) is 27.1. The Bertz CT molecular complexity index is 749. The number of rotatable bonds is 2. The molecule has 6 heteroatoms. The summed E-state index contributed by atoms with van der Waals surface area (Å²) in [6, 6.07) is 7.27. The Morgan fingerprint density at radius 1 is 1.04 bits per heavy atom. The van der Waals surface area contributed by atoms with Crippen LogP contribution < -0.4 is 0 Å². The number of piperidine rings is 1. The topological polar surface area (TPSA) is 66.9 Å². The summed E-state index contributed by atoms with van der Waals surface area (Å²) < 4.78 is 5.57. The third-order valence-corrected chi connectivity index (χ3v) is 5.75. The Morgan fingerprint density at radius 3 is 2.04 bits per heavy atom. The first-order valence-corrected chi connectivity index (χ1v) is 9.71. The zero-order chi connectivity index (χ0) is 19.3. The van der Waals surface area contributed by atoms with Crippen molar-refractivity contribution in [1.82, 2.24) is 9.80 Å².